The van der Waals surface area contributed by atoms with E-state index >= 15 is 0 Å². The van der Waals surface area contributed by atoms with Crippen molar-refractivity contribution < 1.29 is 23.9 Å². The van der Waals surface area contributed by atoms with Gasteiger partial charge in [-0.15, -0.1) is 0 Å². The zero-order chi connectivity index (χ0) is 17.3. The van der Waals surface area contributed by atoms with Crippen LogP contribution in [0.2, 0.25) is 0 Å². The van der Waals surface area contributed by atoms with Crippen molar-refractivity contribution >= 4 is 23.5 Å². The Balaban J connectivity index is 1.87. The van der Waals surface area contributed by atoms with Crippen LogP contribution in [0.25, 0.3) is 0 Å². The van der Waals surface area contributed by atoms with E-state index in [1.165, 1.54) is 6.07 Å². The summed E-state index contributed by atoms with van der Waals surface area (Å²) in [6.07, 6.45) is 3.74. The number of carbonyl (C=O) groups excluding carboxylic acids is 2. The first-order valence-corrected chi connectivity index (χ1v) is 8.09. The van der Waals surface area contributed by atoms with Gasteiger partial charge >= 0.3 is 5.97 Å². The average molecular weight is 334 g/mol. The van der Waals surface area contributed by atoms with Gasteiger partial charge in [-0.3, -0.25) is 9.59 Å². The van der Waals surface area contributed by atoms with Crippen molar-refractivity contribution in [3.63, 3.8) is 0 Å². The number of nitrogens with one attached hydrogen (secondary N) is 2. The van der Waals surface area contributed by atoms with Crippen LogP contribution in [0.4, 0.5) is 10.1 Å². The highest BCUT2D eigenvalue weighted by Crippen LogP contribution is 2.30. The van der Waals surface area contributed by atoms with Crippen molar-refractivity contribution in [3.8, 4) is 0 Å². The maximum Gasteiger partial charge on any atom is 0.329 e. The van der Waals surface area contributed by atoms with Gasteiger partial charge in [-0.05, 0) is 37.0 Å². The standard InChI is InChI=1S/C17H19FN2O4/c18-12-9-13-10(4-5-14(21)19-13)8-11(12)15(22)20-17(16(23)24)6-2-1-3-7-17/h8-9H,1-7H2,(H,19,21)(H,20,22)(H,23,24). The van der Waals surface area contributed by atoms with E-state index in [2.05, 4.69) is 10.6 Å². The Labute approximate surface area is 138 Å². The summed E-state index contributed by atoms with van der Waals surface area (Å²) in [6, 6.07) is 2.52. The van der Waals surface area contributed by atoms with Crippen molar-refractivity contribution in [2.45, 2.75) is 50.5 Å². The maximum absolute atomic E-state index is 14.3. The van der Waals surface area contributed by atoms with Crippen LogP contribution in [-0.2, 0) is 16.0 Å². The molecule has 3 rings (SSSR count). The van der Waals surface area contributed by atoms with Gasteiger partial charge in [0.1, 0.15) is 11.4 Å². The van der Waals surface area contributed by atoms with Gasteiger partial charge in [-0.2, -0.15) is 0 Å². The van der Waals surface area contributed by atoms with Gasteiger partial charge in [0, 0.05) is 12.1 Å². The number of benzene rings is 1. The molecule has 128 valence electrons. The molecule has 2 amide bonds. The van der Waals surface area contributed by atoms with Gasteiger partial charge in [0.2, 0.25) is 5.91 Å². The molecule has 2 aliphatic rings. The topological polar surface area (TPSA) is 95.5 Å². The number of halogens is 1. The van der Waals surface area contributed by atoms with Crippen LogP contribution >= 0.6 is 0 Å². The first-order valence-electron chi connectivity index (χ1n) is 8.09. The second-order valence-corrected chi connectivity index (χ2v) is 6.44. The van der Waals surface area contributed by atoms with Crippen LogP contribution in [0.1, 0.15) is 54.4 Å². The fourth-order valence-electron chi connectivity index (χ4n) is 3.41. The first kappa shape index (κ1) is 16.4. The van der Waals surface area contributed by atoms with E-state index in [9.17, 15) is 23.9 Å². The third-order valence-corrected chi connectivity index (χ3v) is 4.80. The molecule has 7 heteroatoms. The molecule has 0 atom stereocenters. The number of aliphatic carboxylic acids is 1. The molecule has 6 nitrogen and oxygen atoms in total. The molecule has 0 unspecified atom stereocenters. The predicted molar refractivity (Wildman–Crippen MR) is 84.3 cm³/mol. The third kappa shape index (κ3) is 2.98. The monoisotopic (exact) mass is 334 g/mol. The molecule has 1 aromatic rings. The number of hydrogen-bond acceptors (Lipinski definition) is 3. The molecule has 3 N–H and O–H groups in total. The van der Waals surface area contributed by atoms with E-state index in [4.69, 9.17) is 0 Å². The summed E-state index contributed by atoms with van der Waals surface area (Å²) in [7, 11) is 0. The molecule has 1 aliphatic carbocycles. The van der Waals surface area contributed by atoms with Crippen LogP contribution in [-0.4, -0.2) is 28.4 Å². The lowest BCUT2D eigenvalue weighted by Gasteiger charge is -2.34. The molecule has 0 spiro atoms. The first-order chi connectivity index (χ1) is 11.4. The molecule has 24 heavy (non-hydrogen) atoms. The highest BCUT2D eigenvalue weighted by Gasteiger charge is 2.41. The van der Waals surface area contributed by atoms with E-state index in [0.717, 1.165) is 12.5 Å². The molecular weight excluding hydrogens is 315 g/mol. The Morgan fingerprint density at radius 3 is 2.54 bits per heavy atom. The van der Waals surface area contributed by atoms with Gasteiger partial charge in [-0.25, -0.2) is 9.18 Å². The summed E-state index contributed by atoms with van der Waals surface area (Å²) in [4.78, 5) is 35.5. The molecule has 0 saturated heterocycles. The fourth-order valence-corrected chi connectivity index (χ4v) is 3.41. The largest absolute Gasteiger partial charge is 0.480 e. The van der Waals surface area contributed by atoms with Crippen LogP contribution in [0.3, 0.4) is 0 Å². The minimum atomic E-state index is -1.33. The number of aryl methyl sites for hydroxylation is 1. The lowest BCUT2D eigenvalue weighted by molar-refractivity contribution is -0.146. The van der Waals surface area contributed by atoms with Gasteiger partial charge < -0.3 is 15.7 Å². The van der Waals surface area contributed by atoms with Gasteiger partial charge in [0.15, 0.2) is 0 Å². The minimum absolute atomic E-state index is 0.184. The highest BCUT2D eigenvalue weighted by atomic mass is 19.1. The molecule has 0 aromatic heterocycles. The number of amides is 2. The third-order valence-electron chi connectivity index (χ3n) is 4.80. The van der Waals surface area contributed by atoms with Gasteiger partial charge in [0.05, 0.1) is 5.56 Å². The van der Waals surface area contributed by atoms with E-state index in [1.54, 1.807) is 0 Å². The quantitative estimate of drug-likeness (QED) is 0.790. The summed E-state index contributed by atoms with van der Waals surface area (Å²) in [5.41, 5.74) is -0.470. The van der Waals surface area contributed by atoms with E-state index in [1.807, 2.05) is 0 Å². The fraction of sp³-hybridized carbons (Fsp3) is 0.471. The Hall–Kier alpha value is -2.44. The molecule has 1 heterocycles. The van der Waals surface area contributed by atoms with Crippen LogP contribution in [0, 0.1) is 5.82 Å². The van der Waals surface area contributed by atoms with Crippen molar-refractivity contribution in [1.82, 2.24) is 5.32 Å². The number of carboxylic acids is 1. The second kappa shape index (κ2) is 6.22. The summed E-state index contributed by atoms with van der Waals surface area (Å²) < 4.78 is 14.3. The summed E-state index contributed by atoms with van der Waals surface area (Å²) in [6.45, 7) is 0. The summed E-state index contributed by atoms with van der Waals surface area (Å²) in [5.74, 6) is -2.77. The molecule has 1 saturated carbocycles. The van der Waals surface area contributed by atoms with Crippen LogP contribution in [0.5, 0.6) is 0 Å². The maximum atomic E-state index is 14.3. The van der Waals surface area contributed by atoms with E-state index < -0.39 is 23.2 Å². The zero-order valence-electron chi connectivity index (χ0n) is 13.2. The Bertz CT molecular complexity index is 711. The van der Waals surface area contributed by atoms with Crippen molar-refractivity contribution in [2.24, 2.45) is 0 Å². The second-order valence-electron chi connectivity index (χ2n) is 6.44. The predicted octanol–water partition coefficient (Wildman–Crippen LogP) is 2.23. The molecule has 1 fully saturated rings. The van der Waals surface area contributed by atoms with Gasteiger partial charge in [-0.1, -0.05) is 19.3 Å². The number of carbonyl (C=O) groups is 3. The Morgan fingerprint density at radius 2 is 1.88 bits per heavy atom. The average Bonchev–Trinajstić information content (AvgIpc) is 2.54. The molecule has 0 radical (unpaired) electrons. The number of fused-ring (bicyclic) bond motifs is 1. The molecular formula is C17H19FN2O4. The number of hydrogen-bond donors (Lipinski definition) is 3. The lowest BCUT2D eigenvalue weighted by atomic mass is 9.81. The van der Waals surface area contributed by atoms with Crippen molar-refractivity contribution in [2.75, 3.05) is 5.32 Å². The normalized spacial score (nSPS) is 19.1. The van der Waals surface area contributed by atoms with Crippen molar-refractivity contribution in [1.29, 1.82) is 0 Å². The van der Waals surface area contributed by atoms with Gasteiger partial charge in [0.25, 0.3) is 5.91 Å². The smallest absolute Gasteiger partial charge is 0.329 e. The van der Waals surface area contributed by atoms with E-state index in [-0.39, 0.29) is 17.9 Å². The molecule has 1 aliphatic heterocycles. The number of carboxylic acid groups (broad SMARTS) is 1. The van der Waals surface area contributed by atoms with Crippen LogP contribution in [0.15, 0.2) is 12.1 Å². The zero-order valence-corrected chi connectivity index (χ0v) is 13.2. The number of anilines is 1. The minimum Gasteiger partial charge on any atom is -0.480 e. The number of rotatable bonds is 3. The lowest BCUT2D eigenvalue weighted by Crippen LogP contribution is -2.55. The Morgan fingerprint density at radius 1 is 1.17 bits per heavy atom. The van der Waals surface area contributed by atoms with Crippen LogP contribution < -0.4 is 10.6 Å². The van der Waals surface area contributed by atoms with E-state index in [0.29, 0.717) is 43.4 Å². The Kier molecular flexibility index (Phi) is 4.26. The molecule has 0 bridgehead atoms. The highest BCUT2D eigenvalue weighted by molar-refractivity contribution is 6.00. The summed E-state index contributed by atoms with van der Waals surface area (Å²) in [5, 5.41) is 14.6. The van der Waals surface area contributed by atoms with Crippen molar-refractivity contribution in [3.05, 3.63) is 29.1 Å². The summed E-state index contributed by atoms with van der Waals surface area (Å²) >= 11 is 0. The molecule has 1 aromatic carbocycles. The SMILES string of the molecule is O=C1CCc2cc(C(=O)NC3(C(=O)O)CCCCC3)c(F)cc2N1.